The molecule has 0 spiro atoms. The maximum atomic E-state index is 5.20. The minimum Gasteiger partial charge on any atom is -0.339 e. The molecule has 49 heavy (non-hydrogen) atoms. The Labute approximate surface area is 281 Å². The van der Waals surface area contributed by atoms with Gasteiger partial charge in [0.15, 0.2) is 0 Å². The van der Waals surface area contributed by atoms with Gasteiger partial charge in [-0.25, -0.2) is 4.98 Å². The molecule has 0 radical (unpaired) electrons. The number of H-pyrrole nitrogens is 1. The number of nitrogens with zero attached hydrogens (tertiary/aromatic N) is 3. The fourth-order valence-corrected chi connectivity index (χ4v) is 7.99. The van der Waals surface area contributed by atoms with Crippen LogP contribution in [0.1, 0.15) is 0 Å². The summed E-state index contributed by atoms with van der Waals surface area (Å²) in [5, 5.41) is 7.20. The van der Waals surface area contributed by atoms with Crippen molar-refractivity contribution in [3.8, 4) is 27.9 Å². The monoisotopic (exact) mass is 624 g/mol. The Balaban J connectivity index is 1.13. The molecule has 0 saturated heterocycles. The van der Waals surface area contributed by atoms with Gasteiger partial charge in [0.1, 0.15) is 16.8 Å². The van der Waals surface area contributed by atoms with E-state index in [1.807, 2.05) is 0 Å². The molecule has 0 aliphatic heterocycles. The Morgan fingerprint density at radius 3 is 1.86 bits per heavy atom. The molecule has 0 aliphatic carbocycles. The number of aromatic nitrogens is 4. The Morgan fingerprint density at radius 2 is 1.02 bits per heavy atom. The van der Waals surface area contributed by atoms with Gasteiger partial charge in [0.25, 0.3) is 0 Å². The number of para-hydroxylation sites is 2. The molecule has 0 bridgehead atoms. The summed E-state index contributed by atoms with van der Waals surface area (Å²) in [4.78, 5) is 8.87. The minimum atomic E-state index is 0.980. The van der Waals surface area contributed by atoms with E-state index in [9.17, 15) is 0 Å². The summed E-state index contributed by atoms with van der Waals surface area (Å²) >= 11 is 0. The van der Waals surface area contributed by atoms with Gasteiger partial charge in [-0.2, -0.15) is 0 Å². The van der Waals surface area contributed by atoms with Crippen molar-refractivity contribution in [2.75, 3.05) is 0 Å². The lowest BCUT2D eigenvalue weighted by atomic mass is 9.98. The predicted octanol–water partition coefficient (Wildman–Crippen LogP) is 11.7. The Kier molecular flexibility index (Phi) is 5.35. The molecule has 0 saturated carbocycles. The summed E-state index contributed by atoms with van der Waals surface area (Å²) in [6, 6.07) is 59.1. The molecule has 0 unspecified atom stereocenters. The molecule has 4 heterocycles. The average Bonchev–Trinajstić information content (AvgIpc) is 3.83. The maximum absolute atomic E-state index is 5.20. The van der Waals surface area contributed by atoms with Gasteiger partial charge in [-0.1, -0.05) is 115 Å². The summed E-state index contributed by atoms with van der Waals surface area (Å²) in [6.45, 7) is 0. The number of imidazole rings is 1. The average molecular weight is 625 g/mol. The van der Waals surface area contributed by atoms with Gasteiger partial charge in [-0.15, -0.1) is 0 Å². The van der Waals surface area contributed by atoms with Crippen LogP contribution in [0.15, 0.2) is 164 Å². The van der Waals surface area contributed by atoms with Crippen LogP contribution in [0.4, 0.5) is 0 Å². The second-order valence-electron chi connectivity index (χ2n) is 12.9. The predicted molar refractivity (Wildman–Crippen MR) is 205 cm³/mol. The first-order chi connectivity index (χ1) is 24.3. The maximum Gasteiger partial charge on any atom is 0.147 e. The number of nitrogens with one attached hydrogen (secondary N) is 1. The van der Waals surface area contributed by atoms with E-state index in [1.54, 1.807) is 0 Å². The zero-order valence-corrected chi connectivity index (χ0v) is 26.4. The molecule has 7 aromatic carbocycles. The fourth-order valence-electron chi connectivity index (χ4n) is 7.99. The number of aromatic amines is 1. The highest BCUT2D eigenvalue weighted by molar-refractivity contribution is 6.17. The summed E-state index contributed by atoms with van der Waals surface area (Å²) < 4.78 is 4.70. The molecule has 4 heteroatoms. The van der Waals surface area contributed by atoms with E-state index in [0.717, 1.165) is 44.3 Å². The first kappa shape index (κ1) is 26.4. The summed E-state index contributed by atoms with van der Waals surface area (Å²) in [5.41, 5.74) is 13.6. The molecule has 0 fully saturated rings. The third-order valence-corrected chi connectivity index (χ3v) is 10.2. The lowest BCUT2D eigenvalue weighted by Crippen LogP contribution is -1.94. The van der Waals surface area contributed by atoms with Crippen molar-refractivity contribution in [3.63, 3.8) is 0 Å². The Morgan fingerprint density at radius 1 is 0.408 bits per heavy atom. The number of hydrogen-bond acceptors (Lipinski definition) is 1. The molecule has 228 valence electrons. The number of rotatable bonds is 3. The molecule has 0 amide bonds. The lowest BCUT2D eigenvalue weighted by Gasteiger charge is -2.12. The molecule has 11 aromatic rings. The molecule has 1 N–H and O–H groups in total. The van der Waals surface area contributed by atoms with Crippen molar-refractivity contribution in [2.24, 2.45) is 0 Å². The van der Waals surface area contributed by atoms with Crippen molar-refractivity contribution < 1.29 is 0 Å². The molecule has 4 aromatic heterocycles. The Bertz CT molecular complexity index is 3100. The standard InChI is InChI=1S/C45H28N4/c1-2-11-28(12-3-1)29-13-10-14-32(25-29)48-40-20-9-7-16-34(40)38-27-31(21-23-41(38)48)30-22-24-42-37(26-30)33-15-4-5-17-35(33)44-47-43-36-18-6-8-19-39(36)46-45(43)49(42)44/h1-27,46H. The summed E-state index contributed by atoms with van der Waals surface area (Å²) in [5.74, 6) is 0. The normalized spacial score (nSPS) is 12.1. The Hall–Kier alpha value is -6.65. The van der Waals surface area contributed by atoms with Crippen molar-refractivity contribution in [1.82, 2.24) is 18.9 Å². The number of benzene rings is 7. The highest BCUT2D eigenvalue weighted by Gasteiger charge is 2.18. The van der Waals surface area contributed by atoms with Crippen LogP contribution in [0, 0.1) is 0 Å². The second-order valence-corrected chi connectivity index (χ2v) is 12.9. The molecule has 11 rings (SSSR count). The van der Waals surface area contributed by atoms with Crippen LogP contribution < -0.4 is 0 Å². The molecule has 0 aliphatic rings. The molecule has 0 atom stereocenters. The van der Waals surface area contributed by atoms with E-state index in [0.29, 0.717) is 0 Å². The second kappa shape index (κ2) is 9.93. The van der Waals surface area contributed by atoms with Crippen molar-refractivity contribution in [3.05, 3.63) is 164 Å². The topological polar surface area (TPSA) is 38.0 Å². The van der Waals surface area contributed by atoms with Crippen LogP contribution in [0.2, 0.25) is 0 Å². The number of fused-ring (bicyclic) bond motifs is 13. The molecular weight excluding hydrogens is 597 g/mol. The minimum absolute atomic E-state index is 0.980. The molecule has 4 nitrogen and oxygen atoms in total. The quantitative estimate of drug-likeness (QED) is 0.195. The highest BCUT2D eigenvalue weighted by atomic mass is 15.1. The van der Waals surface area contributed by atoms with Crippen LogP contribution in [0.5, 0.6) is 0 Å². The summed E-state index contributed by atoms with van der Waals surface area (Å²) in [7, 11) is 0. The lowest BCUT2D eigenvalue weighted by molar-refractivity contribution is 1.18. The van der Waals surface area contributed by atoms with Crippen LogP contribution in [0.3, 0.4) is 0 Å². The fraction of sp³-hybridized carbons (Fsp3) is 0. The largest absolute Gasteiger partial charge is 0.339 e. The first-order valence-corrected chi connectivity index (χ1v) is 16.7. The SMILES string of the molecule is c1ccc(-c2cccc(-n3c4ccccc4c4cc(-c5ccc6c(c5)c5ccccc5c5nc7c8ccccc8[nH]c7n65)ccc43)c2)cc1. The smallest absolute Gasteiger partial charge is 0.147 e. The van der Waals surface area contributed by atoms with E-state index in [1.165, 1.54) is 54.8 Å². The summed E-state index contributed by atoms with van der Waals surface area (Å²) in [6.07, 6.45) is 0. The number of pyridine rings is 1. The van der Waals surface area contributed by atoms with Gasteiger partial charge in [0.2, 0.25) is 0 Å². The van der Waals surface area contributed by atoms with Gasteiger partial charge < -0.3 is 9.55 Å². The molecular formula is C45H28N4. The first-order valence-electron chi connectivity index (χ1n) is 16.7. The highest BCUT2D eigenvalue weighted by Crippen LogP contribution is 2.39. The van der Waals surface area contributed by atoms with E-state index in [-0.39, 0.29) is 0 Å². The third kappa shape index (κ3) is 3.77. The number of hydrogen-bond donors (Lipinski definition) is 1. The van der Waals surface area contributed by atoms with Gasteiger partial charge >= 0.3 is 0 Å². The van der Waals surface area contributed by atoms with Crippen molar-refractivity contribution >= 4 is 71.2 Å². The van der Waals surface area contributed by atoms with Gasteiger partial charge in [-0.05, 0) is 76.2 Å². The van der Waals surface area contributed by atoms with E-state index in [4.69, 9.17) is 4.98 Å². The van der Waals surface area contributed by atoms with E-state index < -0.39 is 0 Å². The van der Waals surface area contributed by atoms with Gasteiger partial charge in [0, 0.05) is 38.1 Å². The third-order valence-electron chi connectivity index (χ3n) is 10.2. The zero-order chi connectivity index (χ0) is 32.1. The van der Waals surface area contributed by atoms with Crippen molar-refractivity contribution in [1.29, 1.82) is 0 Å². The van der Waals surface area contributed by atoms with Gasteiger partial charge in [0.05, 0.1) is 16.6 Å². The van der Waals surface area contributed by atoms with Crippen LogP contribution in [-0.2, 0) is 0 Å². The van der Waals surface area contributed by atoms with Crippen LogP contribution >= 0.6 is 0 Å². The van der Waals surface area contributed by atoms with E-state index >= 15 is 0 Å². The van der Waals surface area contributed by atoms with Gasteiger partial charge in [-0.3, -0.25) is 4.40 Å². The zero-order valence-electron chi connectivity index (χ0n) is 26.4. The van der Waals surface area contributed by atoms with Crippen LogP contribution in [-0.4, -0.2) is 18.9 Å². The van der Waals surface area contributed by atoms with E-state index in [2.05, 4.69) is 178 Å². The van der Waals surface area contributed by atoms with Crippen molar-refractivity contribution in [2.45, 2.75) is 0 Å². The van der Waals surface area contributed by atoms with Crippen LogP contribution in [0.25, 0.3) is 99.1 Å².